The molecule has 1 fully saturated rings. The summed E-state index contributed by atoms with van der Waals surface area (Å²) in [6.07, 6.45) is 0. The molecule has 1 aliphatic rings. The fraction of sp³-hybridized carbons (Fsp3) is 0.714. The molecule has 0 radical (unpaired) electrons. The zero-order valence-electron chi connectivity index (χ0n) is 7.06. The Morgan fingerprint density at radius 2 is 2.00 bits per heavy atom. The van der Waals surface area contributed by atoms with Gasteiger partial charge >= 0.3 is 6.98 Å². The molecule has 0 unspecified atom stereocenters. The third-order valence-electron chi connectivity index (χ3n) is 2.03. The molecule has 0 bridgehead atoms. The van der Waals surface area contributed by atoms with E-state index in [1.807, 2.05) is 6.92 Å². The Labute approximate surface area is 70.3 Å². The minimum atomic E-state index is -4.83. The van der Waals surface area contributed by atoms with Crippen molar-refractivity contribution in [3.63, 3.8) is 0 Å². The van der Waals surface area contributed by atoms with Gasteiger partial charge in [-0.05, 0) is 12.5 Å². The highest BCUT2D eigenvalue weighted by molar-refractivity contribution is 6.66. The molecule has 5 heteroatoms. The maximum Gasteiger partial charge on any atom is 0.506 e. The fourth-order valence-corrected chi connectivity index (χ4v) is 1.35. The molecule has 0 aromatic heterocycles. The van der Waals surface area contributed by atoms with Crippen LogP contribution in [0.3, 0.4) is 0 Å². The number of rotatable bonds is 3. The molecule has 70 valence electrons. The highest BCUT2D eigenvalue weighted by Gasteiger charge is 2.30. The number of halogens is 3. The number of nitrogens with zero attached hydrogens (tertiary/aromatic N) is 1. The standard InChI is InChI=1S/C7H12BF3N/c1-6-3-12(4-6)5-7(2)8(9,10)11/h6H,2-5H2,1H3/q-1. The minimum Gasteiger partial charge on any atom is -0.445 e. The summed E-state index contributed by atoms with van der Waals surface area (Å²) in [5.41, 5.74) is -0.582. The zero-order valence-corrected chi connectivity index (χ0v) is 7.06. The van der Waals surface area contributed by atoms with Crippen LogP contribution in [0.5, 0.6) is 0 Å². The van der Waals surface area contributed by atoms with Gasteiger partial charge in [-0.25, -0.2) is 0 Å². The summed E-state index contributed by atoms with van der Waals surface area (Å²) in [6.45, 7) is 1.77. The van der Waals surface area contributed by atoms with Crippen molar-refractivity contribution in [1.29, 1.82) is 0 Å². The zero-order chi connectivity index (χ0) is 9.35. The van der Waals surface area contributed by atoms with Crippen LogP contribution in [0.15, 0.2) is 12.1 Å². The van der Waals surface area contributed by atoms with Gasteiger partial charge in [0.05, 0.1) is 0 Å². The van der Waals surface area contributed by atoms with Crippen LogP contribution >= 0.6 is 0 Å². The lowest BCUT2D eigenvalue weighted by atomic mass is 9.79. The Balaban J connectivity index is 2.28. The molecule has 0 aliphatic carbocycles. The first-order chi connectivity index (χ1) is 5.39. The van der Waals surface area contributed by atoms with E-state index in [4.69, 9.17) is 0 Å². The highest BCUT2D eigenvalue weighted by Crippen LogP contribution is 2.22. The van der Waals surface area contributed by atoms with Gasteiger partial charge in [0, 0.05) is 13.1 Å². The van der Waals surface area contributed by atoms with Crippen LogP contribution < -0.4 is 0 Å². The van der Waals surface area contributed by atoms with E-state index < -0.39 is 12.4 Å². The molecule has 0 aromatic carbocycles. The van der Waals surface area contributed by atoms with Crippen molar-refractivity contribution >= 4 is 6.98 Å². The van der Waals surface area contributed by atoms with Gasteiger partial charge in [-0.1, -0.05) is 6.92 Å². The molecule has 0 N–H and O–H groups in total. The van der Waals surface area contributed by atoms with E-state index in [-0.39, 0.29) is 6.54 Å². The average Bonchev–Trinajstić information content (AvgIpc) is 1.82. The van der Waals surface area contributed by atoms with Crippen LogP contribution in [-0.2, 0) is 0 Å². The molecular formula is C7H12BF3N-. The lowest BCUT2D eigenvalue weighted by molar-refractivity contribution is 0.126. The summed E-state index contributed by atoms with van der Waals surface area (Å²) in [6, 6.07) is 0. The van der Waals surface area contributed by atoms with Gasteiger partial charge in [-0.2, -0.15) is 0 Å². The number of hydrogen-bond acceptors (Lipinski definition) is 1. The molecule has 1 aliphatic heterocycles. The van der Waals surface area contributed by atoms with Crippen LogP contribution in [-0.4, -0.2) is 31.5 Å². The third kappa shape index (κ3) is 2.27. The third-order valence-corrected chi connectivity index (χ3v) is 2.03. The van der Waals surface area contributed by atoms with Gasteiger partial charge in [-0.3, -0.25) is 0 Å². The van der Waals surface area contributed by atoms with Crippen LogP contribution in [0.2, 0.25) is 0 Å². The summed E-state index contributed by atoms with van der Waals surface area (Å²) < 4.78 is 36.0. The van der Waals surface area contributed by atoms with E-state index >= 15 is 0 Å². The Morgan fingerprint density at radius 1 is 1.50 bits per heavy atom. The van der Waals surface area contributed by atoms with E-state index in [0.717, 1.165) is 13.1 Å². The van der Waals surface area contributed by atoms with Crippen molar-refractivity contribution in [2.45, 2.75) is 6.92 Å². The van der Waals surface area contributed by atoms with E-state index in [1.54, 1.807) is 4.90 Å². The van der Waals surface area contributed by atoms with Gasteiger partial charge in [0.25, 0.3) is 0 Å². The van der Waals surface area contributed by atoms with Crippen LogP contribution in [0.25, 0.3) is 0 Å². The maximum absolute atomic E-state index is 12.0. The number of likely N-dealkylation sites (tertiary alicyclic amines) is 1. The van der Waals surface area contributed by atoms with E-state index in [0.29, 0.717) is 5.92 Å². The van der Waals surface area contributed by atoms with E-state index in [2.05, 4.69) is 6.58 Å². The monoisotopic (exact) mass is 178 g/mol. The summed E-state index contributed by atoms with van der Waals surface area (Å²) in [7, 11) is 0. The molecule has 0 spiro atoms. The largest absolute Gasteiger partial charge is 0.506 e. The van der Waals surface area contributed by atoms with Crippen molar-refractivity contribution in [2.24, 2.45) is 5.92 Å². The molecular weight excluding hydrogens is 166 g/mol. The molecule has 0 saturated carbocycles. The van der Waals surface area contributed by atoms with E-state index in [9.17, 15) is 12.9 Å². The SMILES string of the molecule is C=C(CN1CC(C)C1)[B-](F)(F)F. The second-order valence-electron chi connectivity index (χ2n) is 3.53. The predicted octanol–water partition coefficient (Wildman–Crippen LogP) is 1.88. The Morgan fingerprint density at radius 3 is 2.33 bits per heavy atom. The fourth-order valence-electron chi connectivity index (χ4n) is 1.35. The Kier molecular flexibility index (Phi) is 2.51. The normalized spacial score (nSPS) is 20.7. The van der Waals surface area contributed by atoms with Crippen LogP contribution in [0.4, 0.5) is 12.9 Å². The van der Waals surface area contributed by atoms with E-state index in [1.165, 1.54) is 0 Å². The summed E-state index contributed by atoms with van der Waals surface area (Å²) in [4.78, 5) is 1.77. The molecule has 1 saturated heterocycles. The maximum atomic E-state index is 12.0. The molecule has 1 nitrogen and oxygen atoms in total. The van der Waals surface area contributed by atoms with Crippen molar-refractivity contribution in [3.05, 3.63) is 12.1 Å². The van der Waals surface area contributed by atoms with Gasteiger partial charge in [-0.15, -0.1) is 12.1 Å². The lowest BCUT2D eigenvalue weighted by Gasteiger charge is -2.39. The van der Waals surface area contributed by atoms with Gasteiger partial charge < -0.3 is 17.8 Å². The van der Waals surface area contributed by atoms with Crippen molar-refractivity contribution in [3.8, 4) is 0 Å². The molecule has 1 heterocycles. The minimum absolute atomic E-state index is 0.00611. The summed E-state index contributed by atoms with van der Waals surface area (Å²) in [5, 5.41) is 0. The van der Waals surface area contributed by atoms with Gasteiger partial charge in [0.1, 0.15) is 0 Å². The van der Waals surface area contributed by atoms with Gasteiger partial charge in [0.15, 0.2) is 0 Å². The molecule has 12 heavy (non-hydrogen) atoms. The van der Waals surface area contributed by atoms with Crippen molar-refractivity contribution < 1.29 is 12.9 Å². The first kappa shape index (κ1) is 9.64. The molecule has 0 amide bonds. The van der Waals surface area contributed by atoms with Crippen LogP contribution in [0, 0.1) is 5.92 Å². The quantitative estimate of drug-likeness (QED) is 0.596. The van der Waals surface area contributed by atoms with Crippen molar-refractivity contribution in [2.75, 3.05) is 19.6 Å². The average molecular weight is 178 g/mol. The highest BCUT2D eigenvalue weighted by atomic mass is 19.4. The molecule has 0 atom stereocenters. The Bertz CT molecular complexity index is 184. The molecule has 0 aromatic rings. The first-order valence-electron chi connectivity index (χ1n) is 3.99. The Hall–Kier alpha value is -0.445. The van der Waals surface area contributed by atoms with Crippen LogP contribution in [0.1, 0.15) is 6.92 Å². The smallest absolute Gasteiger partial charge is 0.445 e. The second kappa shape index (κ2) is 3.13. The summed E-state index contributed by atoms with van der Waals surface area (Å²) >= 11 is 0. The summed E-state index contributed by atoms with van der Waals surface area (Å²) in [5.74, 6) is 0.540. The molecule has 1 rings (SSSR count). The lowest BCUT2D eigenvalue weighted by Crippen LogP contribution is -2.47. The predicted molar refractivity (Wildman–Crippen MR) is 43.8 cm³/mol. The number of hydrogen-bond donors (Lipinski definition) is 0. The second-order valence-corrected chi connectivity index (χ2v) is 3.53. The first-order valence-corrected chi connectivity index (χ1v) is 3.99. The van der Waals surface area contributed by atoms with Gasteiger partial charge in [0.2, 0.25) is 0 Å². The van der Waals surface area contributed by atoms with Crippen molar-refractivity contribution in [1.82, 2.24) is 4.90 Å². The topological polar surface area (TPSA) is 3.24 Å².